The monoisotopic (exact) mass is 277 g/mol. The van der Waals surface area contributed by atoms with Crippen molar-refractivity contribution in [1.29, 1.82) is 0 Å². The topological polar surface area (TPSA) is 61.4 Å². The number of hydrogen-bond acceptors (Lipinski definition) is 5. The van der Waals surface area contributed by atoms with Crippen LogP contribution in [-0.2, 0) is 0 Å². The summed E-state index contributed by atoms with van der Waals surface area (Å²) >= 11 is 0. The molecule has 0 aromatic carbocycles. The van der Waals surface area contributed by atoms with E-state index in [-0.39, 0.29) is 11.3 Å². The molecule has 1 N–H and O–H groups in total. The molecule has 0 spiro atoms. The molecule has 0 radical (unpaired) electrons. The largest absolute Gasteiger partial charge is 0.368 e. The van der Waals surface area contributed by atoms with Gasteiger partial charge in [-0.2, -0.15) is 0 Å². The average Bonchev–Trinajstić information content (AvgIpc) is 2.76. The number of nitrogens with zero attached hydrogens (tertiary/aromatic N) is 4. The molecule has 1 aliphatic rings. The molecule has 6 nitrogen and oxygen atoms in total. The number of likely N-dealkylation sites (tertiary alicyclic amines) is 1. The first-order valence-electron chi connectivity index (χ1n) is 6.86. The van der Waals surface area contributed by atoms with E-state index in [2.05, 4.69) is 34.2 Å². The van der Waals surface area contributed by atoms with E-state index >= 15 is 0 Å². The van der Waals surface area contributed by atoms with Crippen molar-refractivity contribution in [3.05, 3.63) is 18.1 Å². The maximum absolute atomic E-state index is 11.9. The number of carbonyl (C=O) groups is 1. The molecule has 1 unspecified atom stereocenters. The summed E-state index contributed by atoms with van der Waals surface area (Å²) in [5.41, 5.74) is 0.617. The Morgan fingerprint density at radius 2 is 2.25 bits per heavy atom. The quantitative estimate of drug-likeness (QED) is 0.887. The second kappa shape index (κ2) is 5.75. The Bertz CT molecular complexity index is 490. The third-order valence-corrected chi connectivity index (χ3v) is 3.70. The standard InChI is InChI=1S/C14H23N5O/c1-14(5-6-19(4)10-14)9-16-12-8-15-7-11(17-12)13(20)18(2)3/h7-8H,5-6,9-10H2,1-4H3,(H,16,17). The van der Waals surface area contributed by atoms with Gasteiger partial charge < -0.3 is 15.1 Å². The van der Waals surface area contributed by atoms with E-state index in [0.717, 1.165) is 19.6 Å². The van der Waals surface area contributed by atoms with Crippen molar-refractivity contribution in [2.45, 2.75) is 13.3 Å². The van der Waals surface area contributed by atoms with Crippen LogP contribution in [0.2, 0.25) is 0 Å². The molecular formula is C14H23N5O. The van der Waals surface area contributed by atoms with Gasteiger partial charge in [-0.25, -0.2) is 4.98 Å². The molecule has 1 atom stereocenters. The Kier molecular flexibility index (Phi) is 4.23. The SMILES string of the molecule is CN1CCC(C)(CNc2cncc(C(=O)N(C)C)n2)C1. The van der Waals surface area contributed by atoms with Crippen LogP contribution in [0, 0.1) is 5.41 Å². The lowest BCUT2D eigenvalue weighted by molar-refractivity contribution is 0.0821. The van der Waals surface area contributed by atoms with Gasteiger partial charge in [-0.1, -0.05) is 6.92 Å². The molecule has 0 aliphatic carbocycles. The highest BCUT2D eigenvalue weighted by Crippen LogP contribution is 2.28. The summed E-state index contributed by atoms with van der Waals surface area (Å²) in [7, 11) is 5.56. The molecule has 2 heterocycles. The zero-order chi connectivity index (χ0) is 14.8. The average molecular weight is 277 g/mol. The van der Waals surface area contributed by atoms with Crippen LogP contribution in [0.5, 0.6) is 0 Å². The van der Waals surface area contributed by atoms with Crippen molar-refractivity contribution >= 4 is 11.7 Å². The maximum atomic E-state index is 11.9. The van der Waals surface area contributed by atoms with Gasteiger partial charge in [0.25, 0.3) is 5.91 Å². The normalized spacial score (nSPS) is 22.8. The minimum Gasteiger partial charge on any atom is -0.368 e. The molecule has 1 amide bonds. The summed E-state index contributed by atoms with van der Waals surface area (Å²) in [6, 6.07) is 0. The van der Waals surface area contributed by atoms with Gasteiger partial charge in [0.1, 0.15) is 11.5 Å². The van der Waals surface area contributed by atoms with Gasteiger partial charge in [-0.05, 0) is 25.4 Å². The number of nitrogens with one attached hydrogen (secondary N) is 1. The minimum atomic E-state index is -0.132. The predicted octanol–water partition coefficient (Wildman–Crippen LogP) is 0.932. The molecule has 1 fully saturated rings. The summed E-state index contributed by atoms with van der Waals surface area (Å²) < 4.78 is 0. The number of carbonyl (C=O) groups excluding carboxylic acids is 1. The lowest BCUT2D eigenvalue weighted by Crippen LogP contribution is -2.30. The van der Waals surface area contributed by atoms with Gasteiger partial charge in [0, 0.05) is 27.2 Å². The van der Waals surface area contributed by atoms with Crippen molar-refractivity contribution in [2.75, 3.05) is 46.1 Å². The summed E-state index contributed by atoms with van der Waals surface area (Å²) in [4.78, 5) is 24.1. The minimum absolute atomic E-state index is 0.132. The number of aromatic nitrogens is 2. The third kappa shape index (κ3) is 3.45. The highest BCUT2D eigenvalue weighted by Gasteiger charge is 2.31. The Morgan fingerprint density at radius 3 is 2.85 bits per heavy atom. The molecule has 1 aromatic rings. The molecular weight excluding hydrogens is 254 g/mol. The maximum Gasteiger partial charge on any atom is 0.273 e. The summed E-state index contributed by atoms with van der Waals surface area (Å²) in [5.74, 6) is 0.529. The Hall–Kier alpha value is -1.69. The number of amides is 1. The lowest BCUT2D eigenvalue weighted by atomic mass is 9.90. The van der Waals surface area contributed by atoms with Crippen molar-refractivity contribution in [3.8, 4) is 0 Å². The summed E-state index contributed by atoms with van der Waals surface area (Å²) in [6.07, 6.45) is 4.33. The fraction of sp³-hybridized carbons (Fsp3) is 0.643. The predicted molar refractivity (Wildman–Crippen MR) is 78.8 cm³/mol. The van der Waals surface area contributed by atoms with Gasteiger partial charge >= 0.3 is 0 Å². The molecule has 110 valence electrons. The van der Waals surface area contributed by atoms with Crippen LogP contribution in [0.4, 0.5) is 5.82 Å². The zero-order valence-corrected chi connectivity index (χ0v) is 12.7. The first-order chi connectivity index (χ1) is 9.39. The van der Waals surface area contributed by atoms with Gasteiger partial charge in [0.2, 0.25) is 0 Å². The van der Waals surface area contributed by atoms with Gasteiger partial charge in [0.05, 0.1) is 12.4 Å². The highest BCUT2D eigenvalue weighted by atomic mass is 16.2. The van der Waals surface area contributed by atoms with Crippen LogP contribution in [0.3, 0.4) is 0 Å². The van der Waals surface area contributed by atoms with Crippen LogP contribution in [0.25, 0.3) is 0 Å². The van der Waals surface area contributed by atoms with E-state index in [1.165, 1.54) is 17.5 Å². The summed E-state index contributed by atoms with van der Waals surface area (Å²) in [6.45, 7) is 5.31. The second-order valence-corrected chi connectivity index (χ2v) is 6.14. The molecule has 1 aromatic heterocycles. The molecule has 2 rings (SSSR count). The fourth-order valence-corrected chi connectivity index (χ4v) is 2.50. The smallest absolute Gasteiger partial charge is 0.273 e. The van der Waals surface area contributed by atoms with Gasteiger partial charge in [-0.3, -0.25) is 9.78 Å². The fourth-order valence-electron chi connectivity index (χ4n) is 2.50. The second-order valence-electron chi connectivity index (χ2n) is 6.14. The third-order valence-electron chi connectivity index (χ3n) is 3.70. The van der Waals surface area contributed by atoms with Crippen LogP contribution in [0.15, 0.2) is 12.4 Å². The molecule has 6 heteroatoms. The van der Waals surface area contributed by atoms with E-state index in [1.807, 2.05) is 0 Å². The molecule has 0 bridgehead atoms. The first-order valence-corrected chi connectivity index (χ1v) is 6.86. The number of anilines is 1. The van der Waals surface area contributed by atoms with Crippen LogP contribution in [0.1, 0.15) is 23.8 Å². The Labute approximate surface area is 120 Å². The van der Waals surface area contributed by atoms with E-state index in [1.54, 1.807) is 20.3 Å². The van der Waals surface area contributed by atoms with E-state index in [9.17, 15) is 4.79 Å². The van der Waals surface area contributed by atoms with E-state index in [0.29, 0.717) is 11.5 Å². The summed E-state index contributed by atoms with van der Waals surface area (Å²) in [5, 5.41) is 3.31. The number of hydrogen-bond donors (Lipinski definition) is 1. The Balaban J connectivity index is 2.00. The van der Waals surface area contributed by atoms with Crippen molar-refractivity contribution in [3.63, 3.8) is 0 Å². The molecule has 0 saturated carbocycles. The van der Waals surface area contributed by atoms with Crippen molar-refractivity contribution in [1.82, 2.24) is 19.8 Å². The first kappa shape index (κ1) is 14.7. The van der Waals surface area contributed by atoms with Crippen molar-refractivity contribution in [2.24, 2.45) is 5.41 Å². The molecule has 1 saturated heterocycles. The zero-order valence-electron chi connectivity index (χ0n) is 12.7. The van der Waals surface area contributed by atoms with Gasteiger partial charge in [0.15, 0.2) is 0 Å². The van der Waals surface area contributed by atoms with Crippen molar-refractivity contribution < 1.29 is 4.79 Å². The molecule has 20 heavy (non-hydrogen) atoms. The van der Waals surface area contributed by atoms with E-state index < -0.39 is 0 Å². The van der Waals surface area contributed by atoms with Crippen LogP contribution in [-0.4, -0.2) is 66.5 Å². The highest BCUT2D eigenvalue weighted by molar-refractivity contribution is 5.91. The lowest BCUT2D eigenvalue weighted by Gasteiger charge is -2.24. The number of rotatable bonds is 4. The molecule has 1 aliphatic heterocycles. The van der Waals surface area contributed by atoms with E-state index in [4.69, 9.17) is 0 Å². The van der Waals surface area contributed by atoms with Crippen LogP contribution >= 0.6 is 0 Å². The Morgan fingerprint density at radius 1 is 1.50 bits per heavy atom. The van der Waals surface area contributed by atoms with Gasteiger partial charge in [-0.15, -0.1) is 0 Å². The van der Waals surface area contributed by atoms with Crippen LogP contribution < -0.4 is 5.32 Å².